The predicted octanol–water partition coefficient (Wildman–Crippen LogP) is 13.4. The summed E-state index contributed by atoms with van der Waals surface area (Å²) in [5.41, 5.74) is 0. The Labute approximate surface area is 418 Å². The molecule has 0 fully saturated rings. The normalized spacial score (nSPS) is 11.2. The molecule has 0 amide bonds. The van der Waals surface area contributed by atoms with Crippen molar-refractivity contribution >= 4 is 11.9 Å². The Morgan fingerprint density at radius 2 is 0.646 bits per heavy atom. The fourth-order valence-electron chi connectivity index (χ4n) is 5.55. The first-order valence-electron chi connectivity index (χ1n) is 26.3. The van der Waals surface area contributed by atoms with Crippen LogP contribution in [0.5, 0.6) is 0 Å². The second kappa shape index (κ2) is 80.0. The molecule has 0 saturated carbocycles. The zero-order chi connectivity index (χ0) is 49.4. The Balaban J connectivity index is -0.000000144. The molecular formula is C54H112O10Ti. The van der Waals surface area contributed by atoms with Crippen molar-refractivity contribution in [3.05, 3.63) is 24.3 Å². The van der Waals surface area contributed by atoms with Crippen LogP contribution < -0.4 is 0 Å². The summed E-state index contributed by atoms with van der Waals surface area (Å²) in [4.78, 5) is 21.8. The summed E-state index contributed by atoms with van der Waals surface area (Å²) >= 11 is 0. The van der Waals surface area contributed by atoms with E-state index in [1.54, 1.807) is 0 Å². The molecule has 2 atom stereocenters. The van der Waals surface area contributed by atoms with Gasteiger partial charge in [0.1, 0.15) is 0 Å². The minimum atomic E-state index is -0.161. The molecular weight excluding hydrogens is 856 g/mol. The average Bonchev–Trinajstić information content (AvgIpc) is 3.29. The van der Waals surface area contributed by atoms with Gasteiger partial charge in [0.2, 0.25) is 0 Å². The molecule has 0 aromatic rings. The molecule has 0 spiro atoms. The SMILES string of the molecule is CCCCCCC(O)C/C=C\CCCCCCCC(=O)OC.CCCCCCC(O)C/C=C\CCCCCCCC(=O)OC.CCCCO.CCCCO.CCCCO.CCCCO.[Ti]. The number of carbonyl (C=O) groups is 2. The summed E-state index contributed by atoms with van der Waals surface area (Å²) in [6.07, 6.45) is 44.3. The third-order valence-corrected chi connectivity index (χ3v) is 9.94. The van der Waals surface area contributed by atoms with Crippen molar-refractivity contribution in [3.63, 3.8) is 0 Å². The molecule has 6 N–H and O–H groups in total. The molecule has 0 aliphatic rings. The molecule has 11 heteroatoms. The van der Waals surface area contributed by atoms with Crippen molar-refractivity contribution in [2.45, 2.75) is 272 Å². The fraction of sp³-hybridized carbons (Fsp3) is 0.889. The van der Waals surface area contributed by atoms with Crippen molar-refractivity contribution in [1.29, 1.82) is 0 Å². The van der Waals surface area contributed by atoms with E-state index in [1.807, 2.05) is 0 Å². The van der Waals surface area contributed by atoms with E-state index in [0.717, 1.165) is 128 Å². The van der Waals surface area contributed by atoms with E-state index in [9.17, 15) is 19.8 Å². The third kappa shape index (κ3) is 97.6. The second-order valence-corrected chi connectivity index (χ2v) is 16.5. The number of hydrogen-bond donors (Lipinski definition) is 6. The van der Waals surface area contributed by atoms with Crippen LogP contribution in [0.4, 0.5) is 0 Å². The largest absolute Gasteiger partial charge is 0.469 e. The molecule has 392 valence electrons. The molecule has 0 aromatic heterocycles. The van der Waals surface area contributed by atoms with Crippen LogP contribution in [0.3, 0.4) is 0 Å². The standard InChI is InChI=1S/2C19H36O3.4C4H10O.Ti/c2*1-3-4-5-12-15-18(20)16-13-10-8-6-7-9-11-14-17-19(21)22-2;4*1-2-3-4-5;/h2*10,13,18,20H,3-9,11-12,14-17H2,1-2H3;4*5H,2-4H2,1H3;/b2*13-10-;;;;;. The van der Waals surface area contributed by atoms with Crippen molar-refractivity contribution in [3.8, 4) is 0 Å². The van der Waals surface area contributed by atoms with Crippen LogP contribution in [0.25, 0.3) is 0 Å². The number of ether oxygens (including phenoxy) is 2. The summed E-state index contributed by atoms with van der Waals surface area (Å²) in [7, 11) is 2.88. The van der Waals surface area contributed by atoms with E-state index in [0.29, 0.717) is 39.3 Å². The molecule has 0 heterocycles. The number of esters is 2. The van der Waals surface area contributed by atoms with Crippen molar-refractivity contribution in [1.82, 2.24) is 0 Å². The summed E-state index contributed by atoms with van der Waals surface area (Å²) in [5, 5.41) is 51.9. The van der Waals surface area contributed by atoms with E-state index in [-0.39, 0.29) is 45.9 Å². The van der Waals surface area contributed by atoms with Crippen LogP contribution in [0, 0.1) is 0 Å². The van der Waals surface area contributed by atoms with Crippen LogP contribution >= 0.6 is 0 Å². The van der Waals surface area contributed by atoms with E-state index >= 15 is 0 Å². The monoisotopic (exact) mass is 969 g/mol. The number of unbranched alkanes of at least 4 members (excludes halogenated alkanes) is 20. The quantitative estimate of drug-likeness (QED) is 0.0151. The molecule has 0 radical (unpaired) electrons. The van der Waals surface area contributed by atoms with Gasteiger partial charge < -0.3 is 40.1 Å². The minimum Gasteiger partial charge on any atom is -0.469 e. The van der Waals surface area contributed by atoms with Crippen LogP contribution in [0.15, 0.2) is 24.3 Å². The first-order valence-corrected chi connectivity index (χ1v) is 26.3. The Bertz CT molecular complexity index is 771. The first-order chi connectivity index (χ1) is 31.1. The molecule has 65 heavy (non-hydrogen) atoms. The van der Waals surface area contributed by atoms with Crippen LogP contribution in [-0.2, 0) is 40.8 Å². The maximum atomic E-state index is 10.9. The Morgan fingerprint density at radius 3 is 0.892 bits per heavy atom. The number of methoxy groups -OCH3 is 2. The van der Waals surface area contributed by atoms with Gasteiger partial charge in [-0.3, -0.25) is 9.59 Å². The summed E-state index contributed by atoms with van der Waals surface area (Å²) in [6, 6.07) is 0. The van der Waals surface area contributed by atoms with Gasteiger partial charge in [-0.1, -0.05) is 181 Å². The number of rotatable bonds is 38. The van der Waals surface area contributed by atoms with E-state index < -0.39 is 0 Å². The number of carbonyl (C=O) groups excluding carboxylic acids is 2. The van der Waals surface area contributed by atoms with Gasteiger partial charge in [0.15, 0.2) is 0 Å². The minimum absolute atomic E-state index is 0. The number of hydrogen-bond acceptors (Lipinski definition) is 10. The summed E-state index contributed by atoms with van der Waals surface area (Å²) < 4.78 is 9.22. The average molecular weight is 969 g/mol. The van der Waals surface area contributed by atoms with Gasteiger partial charge in [-0.2, -0.15) is 0 Å². The van der Waals surface area contributed by atoms with Gasteiger partial charge in [-0.25, -0.2) is 0 Å². The van der Waals surface area contributed by atoms with E-state index in [1.165, 1.54) is 91.3 Å². The van der Waals surface area contributed by atoms with E-state index in [4.69, 9.17) is 20.4 Å². The zero-order valence-corrected chi connectivity index (χ0v) is 45.7. The maximum absolute atomic E-state index is 10.9. The molecule has 0 bridgehead atoms. The number of aliphatic hydroxyl groups is 6. The van der Waals surface area contributed by atoms with Crippen LogP contribution in [0.2, 0.25) is 0 Å². The molecule has 0 aromatic carbocycles. The van der Waals surface area contributed by atoms with E-state index in [2.05, 4.69) is 75.3 Å². The van der Waals surface area contributed by atoms with Gasteiger partial charge in [0, 0.05) is 61.0 Å². The van der Waals surface area contributed by atoms with Crippen molar-refractivity contribution in [2.24, 2.45) is 0 Å². The van der Waals surface area contributed by atoms with Gasteiger partial charge in [-0.15, -0.1) is 0 Å². The summed E-state index contributed by atoms with van der Waals surface area (Å²) in [5.74, 6) is -0.202. The van der Waals surface area contributed by atoms with Crippen LogP contribution in [0.1, 0.15) is 260 Å². The zero-order valence-electron chi connectivity index (χ0n) is 44.2. The molecule has 2 unspecified atom stereocenters. The Hall–Kier alpha value is -1.11. The topological polar surface area (TPSA) is 174 Å². The molecule has 0 aliphatic carbocycles. The number of aliphatic hydroxyl groups excluding tert-OH is 6. The van der Waals surface area contributed by atoms with Crippen molar-refractivity contribution in [2.75, 3.05) is 40.6 Å². The first kappa shape index (κ1) is 78.1. The fourth-order valence-corrected chi connectivity index (χ4v) is 5.55. The molecule has 0 aliphatic heterocycles. The molecule has 10 nitrogen and oxygen atoms in total. The maximum Gasteiger partial charge on any atom is 0.305 e. The van der Waals surface area contributed by atoms with Gasteiger partial charge in [0.05, 0.1) is 26.4 Å². The third-order valence-electron chi connectivity index (χ3n) is 9.94. The van der Waals surface area contributed by atoms with Crippen LogP contribution in [-0.4, -0.2) is 95.4 Å². The Morgan fingerprint density at radius 1 is 0.385 bits per heavy atom. The molecule has 0 saturated heterocycles. The summed E-state index contributed by atoms with van der Waals surface area (Å²) in [6.45, 7) is 14.0. The van der Waals surface area contributed by atoms with Crippen molar-refractivity contribution < 1.29 is 71.4 Å². The van der Waals surface area contributed by atoms with Gasteiger partial charge >= 0.3 is 11.9 Å². The molecule has 0 rings (SSSR count). The predicted molar refractivity (Wildman–Crippen MR) is 274 cm³/mol. The smallest absolute Gasteiger partial charge is 0.305 e. The Kier molecular flexibility index (Phi) is 96.0. The van der Waals surface area contributed by atoms with Gasteiger partial charge in [0.25, 0.3) is 0 Å². The van der Waals surface area contributed by atoms with Gasteiger partial charge in [-0.05, 0) is 89.9 Å². The number of allylic oxidation sites excluding steroid dienone is 2. The second-order valence-electron chi connectivity index (χ2n) is 16.5.